The SMILES string of the molecule is CCOC(=O)C[C@@H](Cc1ccc(-c2cc(F)ccc2Cl)cc1)NCl. The number of esters is 1. The number of carbonyl (C=O) groups excluding carboxylic acids is 1. The minimum atomic E-state index is -0.334. The van der Waals surface area contributed by atoms with Crippen LogP contribution in [0.3, 0.4) is 0 Å². The largest absolute Gasteiger partial charge is 0.466 e. The zero-order valence-electron chi connectivity index (χ0n) is 13.2. The van der Waals surface area contributed by atoms with Crippen molar-refractivity contribution in [1.29, 1.82) is 0 Å². The average molecular weight is 370 g/mol. The Bertz CT molecular complexity index is 692. The number of halogens is 3. The molecule has 1 N–H and O–H groups in total. The minimum absolute atomic E-state index is 0.189. The van der Waals surface area contributed by atoms with Crippen LogP contribution in [0.5, 0.6) is 0 Å². The first-order chi connectivity index (χ1) is 11.5. The number of benzene rings is 2. The van der Waals surface area contributed by atoms with Gasteiger partial charge in [-0.1, -0.05) is 35.9 Å². The summed E-state index contributed by atoms with van der Waals surface area (Å²) in [5, 5.41) is 0.492. The van der Waals surface area contributed by atoms with Crippen molar-refractivity contribution < 1.29 is 13.9 Å². The van der Waals surface area contributed by atoms with Gasteiger partial charge in [-0.15, -0.1) is 0 Å². The maximum Gasteiger partial charge on any atom is 0.307 e. The summed E-state index contributed by atoms with van der Waals surface area (Å²) in [7, 11) is 0. The van der Waals surface area contributed by atoms with Crippen LogP contribution < -0.4 is 4.84 Å². The van der Waals surface area contributed by atoms with Crippen molar-refractivity contribution in [2.45, 2.75) is 25.8 Å². The lowest BCUT2D eigenvalue weighted by molar-refractivity contribution is -0.143. The Kier molecular flexibility index (Phi) is 7.03. The van der Waals surface area contributed by atoms with Gasteiger partial charge in [0.1, 0.15) is 5.82 Å². The number of ether oxygens (including phenoxy) is 1. The summed E-state index contributed by atoms with van der Waals surface area (Å²) in [6.45, 7) is 2.11. The van der Waals surface area contributed by atoms with Crippen LogP contribution >= 0.6 is 23.4 Å². The fraction of sp³-hybridized carbons (Fsp3) is 0.278. The van der Waals surface area contributed by atoms with Gasteiger partial charge in [0, 0.05) is 16.6 Å². The lowest BCUT2D eigenvalue weighted by Crippen LogP contribution is -2.27. The summed E-state index contributed by atoms with van der Waals surface area (Å²) >= 11 is 11.8. The predicted molar refractivity (Wildman–Crippen MR) is 94.6 cm³/mol. The highest BCUT2D eigenvalue weighted by Gasteiger charge is 2.14. The molecule has 24 heavy (non-hydrogen) atoms. The molecule has 0 heterocycles. The third kappa shape index (κ3) is 5.20. The average Bonchev–Trinajstić information content (AvgIpc) is 2.57. The van der Waals surface area contributed by atoms with Gasteiger partial charge in [0.2, 0.25) is 0 Å². The van der Waals surface area contributed by atoms with Gasteiger partial charge in [-0.25, -0.2) is 9.23 Å². The lowest BCUT2D eigenvalue weighted by atomic mass is 9.99. The summed E-state index contributed by atoms with van der Waals surface area (Å²) in [5.74, 6) is -0.627. The first-order valence-electron chi connectivity index (χ1n) is 7.59. The molecule has 0 bridgehead atoms. The molecule has 0 radical (unpaired) electrons. The maximum atomic E-state index is 13.4. The molecule has 0 aromatic heterocycles. The molecule has 1 atom stereocenters. The Balaban J connectivity index is 2.08. The van der Waals surface area contributed by atoms with E-state index in [2.05, 4.69) is 4.84 Å². The van der Waals surface area contributed by atoms with E-state index in [0.29, 0.717) is 23.6 Å². The molecule has 0 aliphatic rings. The van der Waals surface area contributed by atoms with Crippen LogP contribution in [0.2, 0.25) is 5.02 Å². The summed E-state index contributed by atoms with van der Waals surface area (Å²) in [5.41, 5.74) is 2.46. The Morgan fingerprint density at radius 1 is 1.25 bits per heavy atom. The van der Waals surface area contributed by atoms with Crippen LogP contribution in [0.25, 0.3) is 11.1 Å². The molecule has 0 fully saturated rings. The third-order valence-electron chi connectivity index (χ3n) is 3.55. The van der Waals surface area contributed by atoms with Crippen molar-refractivity contribution >= 4 is 29.3 Å². The number of hydrogen-bond acceptors (Lipinski definition) is 3. The van der Waals surface area contributed by atoms with Crippen molar-refractivity contribution in [3.05, 3.63) is 58.9 Å². The normalized spacial score (nSPS) is 12.0. The minimum Gasteiger partial charge on any atom is -0.466 e. The summed E-state index contributed by atoms with van der Waals surface area (Å²) in [4.78, 5) is 14.1. The van der Waals surface area contributed by atoms with Gasteiger partial charge in [0.05, 0.1) is 13.0 Å². The van der Waals surface area contributed by atoms with Crippen LogP contribution in [0, 0.1) is 5.82 Å². The van der Waals surface area contributed by atoms with E-state index >= 15 is 0 Å². The quantitative estimate of drug-likeness (QED) is 0.565. The molecular weight excluding hydrogens is 352 g/mol. The van der Waals surface area contributed by atoms with Gasteiger partial charge in [0.25, 0.3) is 0 Å². The Morgan fingerprint density at radius 3 is 2.58 bits per heavy atom. The molecule has 0 aliphatic carbocycles. The first-order valence-corrected chi connectivity index (χ1v) is 8.35. The van der Waals surface area contributed by atoms with Crippen molar-refractivity contribution in [3.63, 3.8) is 0 Å². The number of carbonyl (C=O) groups is 1. The highest BCUT2D eigenvalue weighted by molar-refractivity contribution is 6.33. The van der Waals surface area contributed by atoms with Crippen molar-refractivity contribution in [2.75, 3.05) is 6.61 Å². The van der Waals surface area contributed by atoms with E-state index in [4.69, 9.17) is 28.1 Å². The molecular formula is C18H18Cl2FNO2. The van der Waals surface area contributed by atoms with Crippen LogP contribution in [0.1, 0.15) is 18.9 Å². The molecule has 0 amide bonds. The second-order valence-corrected chi connectivity index (χ2v) is 5.97. The lowest BCUT2D eigenvalue weighted by Gasteiger charge is -2.14. The predicted octanol–water partition coefficient (Wildman–Crippen LogP) is 4.75. The summed E-state index contributed by atoms with van der Waals surface area (Å²) in [6.07, 6.45) is 0.758. The van der Waals surface area contributed by atoms with Crippen LogP contribution in [-0.4, -0.2) is 18.6 Å². The topological polar surface area (TPSA) is 38.3 Å². The fourth-order valence-electron chi connectivity index (χ4n) is 2.39. The van der Waals surface area contributed by atoms with Crippen molar-refractivity contribution in [3.8, 4) is 11.1 Å². The Morgan fingerprint density at radius 2 is 1.96 bits per heavy atom. The second-order valence-electron chi connectivity index (χ2n) is 5.34. The highest BCUT2D eigenvalue weighted by atomic mass is 35.5. The third-order valence-corrected chi connectivity index (χ3v) is 4.19. The van der Waals surface area contributed by atoms with Gasteiger partial charge >= 0.3 is 5.97 Å². The van der Waals surface area contributed by atoms with Gasteiger partial charge in [-0.05, 0) is 54.4 Å². The van der Waals surface area contributed by atoms with E-state index in [1.54, 1.807) is 6.92 Å². The Labute approximate surface area is 150 Å². The van der Waals surface area contributed by atoms with Gasteiger partial charge in [-0.2, -0.15) is 0 Å². The molecule has 0 aliphatic heterocycles. The van der Waals surface area contributed by atoms with E-state index < -0.39 is 0 Å². The molecule has 0 saturated carbocycles. The van der Waals surface area contributed by atoms with E-state index in [1.807, 2.05) is 24.3 Å². The first kappa shape index (κ1) is 18.7. The molecule has 6 heteroatoms. The molecule has 0 unspecified atom stereocenters. The Hall–Kier alpha value is -1.62. The maximum absolute atomic E-state index is 13.4. The molecule has 0 saturated heterocycles. The van der Waals surface area contributed by atoms with Gasteiger partial charge in [0.15, 0.2) is 0 Å². The number of hydrogen-bond donors (Lipinski definition) is 1. The number of rotatable bonds is 7. The van der Waals surface area contributed by atoms with E-state index in [0.717, 1.165) is 11.1 Å². The molecule has 3 nitrogen and oxygen atoms in total. The standard InChI is InChI=1S/C18H18Cl2FNO2/c1-2-24-18(23)11-15(22-20)9-12-3-5-13(6-4-12)16-10-14(21)7-8-17(16)19/h3-8,10,15,22H,2,9,11H2,1H3/t15-/m1/s1. The molecule has 2 aromatic rings. The van der Waals surface area contributed by atoms with E-state index in [-0.39, 0.29) is 24.2 Å². The smallest absolute Gasteiger partial charge is 0.307 e. The van der Waals surface area contributed by atoms with Gasteiger partial charge < -0.3 is 4.74 Å². The van der Waals surface area contributed by atoms with Crippen LogP contribution in [0.15, 0.2) is 42.5 Å². The van der Waals surface area contributed by atoms with E-state index in [9.17, 15) is 9.18 Å². The second kappa shape index (κ2) is 9.02. The summed E-state index contributed by atoms with van der Waals surface area (Å²) < 4.78 is 18.3. The molecule has 2 aromatic carbocycles. The zero-order chi connectivity index (χ0) is 17.5. The van der Waals surface area contributed by atoms with E-state index in [1.165, 1.54) is 18.2 Å². The summed E-state index contributed by atoms with van der Waals surface area (Å²) in [6, 6.07) is 11.6. The van der Waals surface area contributed by atoms with Crippen LogP contribution in [0.4, 0.5) is 4.39 Å². The monoisotopic (exact) mass is 369 g/mol. The van der Waals surface area contributed by atoms with Gasteiger partial charge in [-0.3, -0.25) is 4.79 Å². The molecule has 0 spiro atoms. The van der Waals surface area contributed by atoms with Crippen molar-refractivity contribution in [2.24, 2.45) is 0 Å². The molecule has 128 valence electrons. The highest BCUT2D eigenvalue weighted by Crippen LogP contribution is 2.29. The molecule has 2 rings (SSSR count). The van der Waals surface area contributed by atoms with Crippen LogP contribution in [-0.2, 0) is 16.0 Å². The fourth-order valence-corrected chi connectivity index (χ4v) is 2.78. The number of nitrogens with one attached hydrogen (secondary N) is 1. The van der Waals surface area contributed by atoms with Crippen molar-refractivity contribution in [1.82, 2.24) is 4.84 Å². The zero-order valence-corrected chi connectivity index (χ0v) is 14.7.